The van der Waals surface area contributed by atoms with Crippen molar-refractivity contribution in [1.82, 2.24) is 4.90 Å². The number of aryl methyl sites for hydroxylation is 1. The van der Waals surface area contributed by atoms with Crippen molar-refractivity contribution in [3.8, 4) is 17.2 Å². The van der Waals surface area contributed by atoms with Gasteiger partial charge in [0.1, 0.15) is 5.58 Å². The number of hydrogen-bond acceptors (Lipinski definition) is 6. The van der Waals surface area contributed by atoms with E-state index >= 15 is 0 Å². The van der Waals surface area contributed by atoms with Gasteiger partial charge in [0.2, 0.25) is 11.5 Å². The molecule has 0 fully saturated rings. The zero-order valence-corrected chi connectivity index (χ0v) is 18.9. The molecule has 4 rings (SSSR count). The number of benzene rings is 2. The summed E-state index contributed by atoms with van der Waals surface area (Å²) in [6.45, 7) is 5.77. The minimum Gasteiger partial charge on any atom is -0.493 e. The zero-order valence-electron chi connectivity index (χ0n) is 18.2. The maximum Gasteiger partial charge on any atom is 0.291 e. The van der Waals surface area contributed by atoms with Gasteiger partial charge in [-0.25, -0.2) is 0 Å². The molecule has 1 aliphatic heterocycles. The highest BCUT2D eigenvalue weighted by Gasteiger charge is 2.43. The van der Waals surface area contributed by atoms with Crippen LogP contribution in [0.15, 0.2) is 46.1 Å². The number of nitrogens with zero attached hydrogens (tertiary/aromatic N) is 1. The first-order valence-corrected chi connectivity index (χ1v) is 10.2. The molecule has 1 atom stereocenters. The molecule has 1 aromatic heterocycles. The SMILES string of the molecule is C=CCN1C(=O)c2oc3cc(C)c(Cl)cc3c(=O)c2C1c1cc(OC)c(OC)c(OC)c1. The van der Waals surface area contributed by atoms with Crippen molar-refractivity contribution >= 4 is 28.5 Å². The molecule has 0 spiro atoms. The zero-order chi connectivity index (χ0) is 23.2. The molecule has 7 nitrogen and oxygen atoms in total. The Morgan fingerprint density at radius 1 is 1.09 bits per heavy atom. The van der Waals surface area contributed by atoms with E-state index in [0.29, 0.717) is 38.8 Å². The number of carbonyl (C=O) groups excluding carboxylic acids is 1. The van der Waals surface area contributed by atoms with Gasteiger partial charge in [-0.3, -0.25) is 9.59 Å². The minimum absolute atomic E-state index is 0.00447. The molecule has 0 N–H and O–H groups in total. The largest absolute Gasteiger partial charge is 0.493 e. The molecule has 1 amide bonds. The number of rotatable bonds is 6. The average Bonchev–Trinajstić information content (AvgIpc) is 3.06. The summed E-state index contributed by atoms with van der Waals surface area (Å²) in [5.41, 5.74) is 1.59. The van der Waals surface area contributed by atoms with Crippen molar-refractivity contribution in [2.75, 3.05) is 27.9 Å². The lowest BCUT2D eigenvalue weighted by Gasteiger charge is -2.25. The molecule has 166 valence electrons. The Hall–Kier alpha value is -3.45. The van der Waals surface area contributed by atoms with Gasteiger partial charge in [0.05, 0.1) is 38.3 Å². The van der Waals surface area contributed by atoms with Crippen LogP contribution in [-0.2, 0) is 0 Å². The monoisotopic (exact) mass is 455 g/mol. The number of halogens is 1. The topological polar surface area (TPSA) is 78.2 Å². The van der Waals surface area contributed by atoms with E-state index in [1.165, 1.54) is 26.2 Å². The summed E-state index contributed by atoms with van der Waals surface area (Å²) in [6.07, 6.45) is 1.60. The molecule has 1 unspecified atom stereocenters. The third-order valence-corrected chi connectivity index (χ3v) is 5.98. The van der Waals surface area contributed by atoms with E-state index in [4.69, 9.17) is 30.2 Å². The van der Waals surface area contributed by atoms with Crippen LogP contribution in [0.2, 0.25) is 5.02 Å². The Morgan fingerprint density at radius 3 is 2.31 bits per heavy atom. The van der Waals surface area contributed by atoms with Crippen molar-refractivity contribution in [2.45, 2.75) is 13.0 Å². The van der Waals surface area contributed by atoms with Gasteiger partial charge in [-0.15, -0.1) is 6.58 Å². The molecular weight excluding hydrogens is 434 g/mol. The van der Waals surface area contributed by atoms with E-state index < -0.39 is 11.9 Å². The van der Waals surface area contributed by atoms with Crippen molar-refractivity contribution in [3.05, 3.63) is 74.6 Å². The predicted molar refractivity (Wildman–Crippen MR) is 121 cm³/mol. The van der Waals surface area contributed by atoms with Crippen molar-refractivity contribution in [3.63, 3.8) is 0 Å². The van der Waals surface area contributed by atoms with Gasteiger partial charge < -0.3 is 23.5 Å². The number of carbonyl (C=O) groups is 1. The van der Waals surface area contributed by atoms with Crippen molar-refractivity contribution in [2.24, 2.45) is 0 Å². The second kappa shape index (κ2) is 8.24. The molecule has 0 aliphatic carbocycles. The van der Waals surface area contributed by atoms with Gasteiger partial charge in [-0.05, 0) is 42.3 Å². The van der Waals surface area contributed by atoms with Crippen LogP contribution in [0.4, 0.5) is 0 Å². The molecule has 0 bridgehead atoms. The van der Waals surface area contributed by atoms with Crippen LogP contribution < -0.4 is 19.6 Å². The van der Waals surface area contributed by atoms with E-state index in [1.54, 1.807) is 37.3 Å². The normalized spacial score (nSPS) is 15.1. The second-order valence-electron chi connectivity index (χ2n) is 7.38. The van der Waals surface area contributed by atoms with Gasteiger partial charge in [0, 0.05) is 11.6 Å². The Morgan fingerprint density at radius 2 is 1.75 bits per heavy atom. The molecular formula is C24H22ClNO6. The van der Waals surface area contributed by atoms with Crippen LogP contribution >= 0.6 is 11.6 Å². The first-order valence-electron chi connectivity index (χ1n) is 9.84. The van der Waals surface area contributed by atoms with Crippen LogP contribution in [0, 0.1) is 6.92 Å². The van der Waals surface area contributed by atoms with Crippen LogP contribution in [0.3, 0.4) is 0 Å². The Balaban J connectivity index is 2.04. The van der Waals surface area contributed by atoms with Crippen molar-refractivity contribution in [1.29, 1.82) is 0 Å². The fraction of sp³-hybridized carbons (Fsp3) is 0.250. The molecule has 1 aliphatic rings. The Bertz CT molecular complexity index is 1290. The Kier molecular flexibility index (Phi) is 5.60. The smallest absolute Gasteiger partial charge is 0.291 e. The third kappa shape index (κ3) is 3.20. The molecule has 8 heteroatoms. The van der Waals surface area contributed by atoms with E-state index in [0.717, 1.165) is 5.56 Å². The van der Waals surface area contributed by atoms with Crippen LogP contribution in [0.25, 0.3) is 11.0 Å². The molecule has 32 heavy (non-hydrogen) atoms. The van der Waals surface area contributed by atoms with Gasteiger partial charge in [0.15, 0.2) is 16.9 Å². The van der Waals surface area contributed by atoms with Crippen molar-refractivity contribution < 1.29 is 23.4 Å². The summed E-state index contributed by atoms with van der Waals surface area (Å²) < 4.78 is 22.3. The molecule has 2 aromatic carbocycles. The quantitative estimate of drug-likeness (QED) is 0.509. The lowest BCUT2D eigenvalue weighted by molar-refractivity contribution is 0.0748. The van der Waals surface area contributed by atoms with Gasteiger partial charge in [0.25, 0.3) is 5.91 Å². The summed E-state index contributed by atoms with van der Waals surface area (Å²) in [5, 5.41) is 0.756. The summed E-state index contributed by atoms with van der Waals surface area (Å²) in [7, 11) is 4.51. The lowest BCUT2D eigenvalue weighted by Crippen LogP contribution is -2.29. The van der Waals surface area contributed by atoms with E-state index in [1.807, 2.05) is 0 Å². The van der Waals surface area contributed by atoms with E-state index in [-0.39, 0.29) is 23.3 Å². The van der Waals surface area contributed by atoms with E-state index in [9.17, 15) is 9.59 Å². The second-order valence-corrected chi connectivity index (χ2v) is 7.79. The maximum atomic E-state index is 13.6. The first kappa shape index (κ1) is 21.8. The third-order valence-electron chi connectivity index (χ3n) is 5.58. The Labute approximate surface area is 189 Å². The highest BCUT2D eigenvalue weighted by molar-refractivity contribution is 6.32. The average molecular weight is 456 g/mol. The molecule has 0 radical (unpaired) electrons. The van der Waals surface area contributed by atoms with Gasteiger partial charge >= 0.3 is 0 Å². The van der Waals surface area contributed by atoms with Gasteiger partial charge in [-0.1, -0.05) is 17.7 Å². The molecule has 0 saturated carbocycles. The maximum absolute atomic E-state index is 13.6. The highest BCUT2D eigenvalue weighted by Crippen LogP contribution is 2.45. The predicted octanol–water partition coefficient (Wildman–Crippen LogP) is 4.51. The standard InChI is InChI=1S/C24H22ClNO6/c1-6-7-26-20(13-9-17(29-3)22(31-5)18(10-13)30-4)19-21(27)14-11-15(25)12(2)8-16(14)32-23(19)24(26)28/h6,8-11,20H,1,7H2,2-5H3. The van der Waals surface area contributed by atoms with Gasteiger partial charge in [-0.2, -0.15) is 0 Å². The first-order chi connectivity index (χ1) is 15.4. The fourth-order valence-corrected chi connectivity index (χ4v) is 4.24. The minimum atomic E-state index is -0.732. The summed E-state index contributed by atoms with van der Waals surface area (Å²) in [4.78, 5) is 28.4. The number of fused-ring (bicyclic) bond motifs is 2. The number of hydrogen-bond donors (Lipinski definition) is 0. The van der Waals surface area contributed by atoms with Crippen LogP contribution in [-0.4, -0.2) is 38.7 Å². The number of ether oxygens (including phenoxy) is 3. The van der Waals surface area contributed by atoms with Crippen LogP contribution in [0.1, 0.15) is 33.3 Å². The highest BCUT2D eigenvalue weighted by atomic mass is 35.5. The summed E-state index contributed by atoms with van der Waals surface area (Å²) in [5.74, 6) is 0.830. The van der Waals surface area contributed by atoms with Crippen LogP contribution in [0.5, 0.6) is 17.2 Å². The number of methoxy groups -OCH3 is 3. The lowest BCUT2D eigenvalue weighted by atomic mass is 9.97. The molecule has 3 aromatic rings. The molecule has 2 heterocycles. The summed E-state index contributed by atoms with van der Waals surface area (Å²) in [6, 6.07) is 5.94. The van der Waals surface area contributed by atoms with E-state index in [2.05, 4.69) is 6.58 Å². The fourth-order valence-electron chi connectivity index (χ4n) is 4.07. The number of amides is 1. The summed E-state index contributed by atoms with van der Waals surface area (Å²) >= 11 is 6.27. The molecule has 0 saturated heterocycles.